The number of nitrogens with zero attached hydrogens (tertiary/aromatic N) is 1. The Balaban J connectivity index is 0.000000605. The van der Waals surface area contributed by atoms with Crippen LogP contribution in [0.4, 0.5) is 0 Å². The Morgan fingerprint density at radius 2 is 2.08 bits per heavy atom. The smallest absolute Gasteiger partial charge is 0.114 e. The van der Waals surface area contributed by atoms with E-state index in [2.05, 4.69) is 10.3 Å². The number of rotatable bonds is 2. The normalized spacial score (nSPS) is 22.9. The third-order valence-electron chi connectivity index (χ3n) is 2.15. The zero-order valence-electron chi connectivity index (χ0n) is 6.82. The first-order valence-electron chi connectivity index (χ1n) is 3.92. The van der Waals surface area contributed by atoms with Gasteiger partial charge in [-0.05, 0) is 18.8 Å². The van der Waals surface area contributed by atoms with Gasteiger partial charge in [0.05, 0.1) is 12.6 Å². The first-order chi connectivity index (χ1) is 4.88. The first-order valence-corrected chi connectivity index (χ1v) is 3.92. The van der Waals surface area contributed by atoms with E-state index in [0.29, 0.717) is 0 Å². The van der Waals surface area contributed by atoms with Gasteiger partial charge in [0.15, 0.2) is 0 Å². The fourth-order valence-corrected chi connectivity index (χ4v) is 1.32. The third kappa shape index (κ3) is 2.51. The number of amidine groups is 1. The summed E-state index contributed by atoms with van der Waals surface area (Å²) in [6.07, 6.45) is 2.59. The van der Waals surface area contributed by atoms with Gasteiger partial charge in [0, 0.05) is 6.54 Å². The molecular weight excluding hydrogens is 197 g/mol. The molecule has 0 aromatic rings. The van der Waals surface area contributed by atoms with E-state index in [1.807, 2.05) is 0 Å². The first kappa shape index (κ1) is 12.0. The number of halogens is 2. The topological polar surface area (TPSA) is 50.4 Å². The van der Waals surface area contributed by atoms with E-state index in [1.54, 1.807) is 0 Å². The van der Waals surface area contributed by atoms with Crippen LogP contribution < -0.4 is 11.1 Å². The molecule has 12 heavy (non-hydrogen) atoms. The predicted molar refractivity (Wildman–Crippen MR) is 55.5 cm³/mol. The van der Waals surface area contributed by atoms with Crippen LogP contribution >= 0.6 is 24.8 Å². The molecule has 1 atom stereocenters. The summed E-state index contributed by atoms with van der Waals surface area (Å²) in [6.45, 7) is 1.89. The molecule has 2 rings (SSSR count). The molecule has 0 saturated heterocycles. The molecule has 0 aromatic carbocycles. The highest BCUT2D eigenvalue weighted by molar-refractivity contribution is 5.89. The summed E-state index contributed by atoms with van der Waals surface area (Å²) in [5.41, 5.74) is 5.89. The fourth-order valence-electron chi connectivity index (χ4n) is 1.32. The molecule has 1 fully saturated rings. The summed E-state index contributed by atoms with van der Waals surface area (Å²) in [5, 5.41) is 3.20. The Morgan fingerprint density at radius 1 is 1.42 bits per heavy atom. The molecule has 0 amide bonds. The summed E-state index contributed by atoms with van der Waals surface area (Å²) in [7, 11) is 0. The lowest BCUT2D eigenvalue weighted by atomic mass is 10.2. The molecule has 5 heteroatoms. The van der Waals surface area contributed by atoms with Crippen molar-refractivity contribution in [2.45, 2.75) is 18.9 Å². The van der Waals surface area contributed by atoms with Gasteiger partial charge in [0.2, 0.25) is 0 Å². The SMILES string of the molecule is Cl.Cl.NC(C1=NCCN1)C1CC1. The Kier molecular flexibility index (Phi) is 4.90. The molecule has 0 bridgehead atoms. The highest BCUT2D eigenvalue weighted by Gasteiger charge is 2.32. The maximum Gasteiger partial charge on any atom is 0.114 e. The van der Waals surface area contributed by atoms with E-state index >= 15 is 0 Å². The van der Waals surface area contributed by atoms with Crippen molar-refractivity contribution >= 4 is 30.6 Å². The highest BCUT2D eigenvalue weighted by Crippen LogP contribution is 2.31. The van der Waals surface area contributed by atoms with Crippen LogP contribution in [0, 0.1) is 5.92 Å². The van der Waals surface area contributed by atoms with Crippen LogP contribution in [-0.2, 0) is 0 Å². The number of nitrogens with one attached hydrogen (secondary N) is 1. The molecule has 1 saturated carbocycles. The van der Waals surface area contributed by atoms with Crippen molar-refractivity contribution in [3.8, 4) is 0 Å². The molecule has 1 unspecified atom stereocenters. The lowest BCUT2D eigenvalue weighted by molar-refractivity contribution is 0.726. The standard InChI is InChI=1S/C7H13N3.2ClH/c8-6(5-1-2-5)7-9-3-4-10-7;;/h5-6H,1-4,8H2,(H,9,10);2*1H. The van der Waals surface area contributed by atoms with Crippen LogP contribution in [0.25, 0.3) is 0 Å². The van der Waals surface area contributed by atoms with Crippen LogP contribution in [0.1, 0.15) is 12.8 Å². The summed E-state index contributed by atoms with van der Waals surface area (Å²) < 4.78 is 0. The van der Waals surface area contributed by atoms with Gasteiger partial charge in [-0.1, -0.05) is 0 Å². The Hall–Kier alpha value is 0.01000. The van der Waals surface area contributed by atoms with Gasteiger partial charge < -0.3 is 11.1 Å². The molecule has 0 aromatic heterocycles. The largest absolute Gasteiger partial charge is 0.371 e. The van der Waals surface area contributed by atoms with Crippen molar-refractivity contribution in [3.63, 3.8) is 0 Å². The van der Waals surface area contributed by atoms with Crippen LogP contribution in [0.15, 0.2) is 4.99 Å². The molecule has 1 heterocycles. The number of hydrogen-bond donors (Lipinski definition) is 2. The van der Waals surface area contributed by atoms with Crippen molar-refractivity contribution in [2.75, 3.05) is 13.1 Å². The Bertz CT molecular complexity index is 168. The van der Waals surface area contributed by atoms with Gasteiger partial charge in [-0.15, -0.1) is 24.8 Å². The Labute approximate surface area is 85.0 Å². The average molecular weight is 212 g/mol. The molecule has 1 aliphatic carbocycles. The maximum absolute atomic E-state index is 5.89. The maximum atomic E-state index is 5.89. The van der Waals surface area contributed by atoms with Gasteiger partial charge in [-0.2, -0.15) is 0 Å². The van der Waals surface area contributed by atoms with E-state index in [-0.39, 0.29) is 30.9 Å². The average Bonchev–Trinajstić information content (AvgIpc) is 2.65. The summed E-state index contributed by atoms with van der Waals surface area (Å²) in [6, 6.07) is 0.211. The van der Waals surface area contributed by atoms with Crippen molar-refractivity contribution in [1.29, 1.82) is 0 Å². The van der Waals surface area contributed by atoms with Crippen molar-refractivity contribution in [3.05, 3.63) is 0 Å². The molecule has 0 radical (unpaired) electrons. The lowest BCUT2D eigenvalue weighted by Crippen LogP contribution is -2.39. The van der Waals surface area contributed by atoms with E-state index in [0.717, 1.165) is 24.8 Å². The molecule has 1 aliphatic heterocycles. The molecule has 0 spiro atoms. The zero-order valence-corrected chi connectivity index (χ0v) is 8.46. The van der Waals surface area contributed by atoms with Gasteiger partial charge >= 0.3 is 0 Å². The second-order valence-electron chi connectivity index (χ2n) is 3.06. The minimum Gasteiger partial charge on any atom is -0.371 e. The minimum atomic E-state index is 0. The highest BCUT2D eigenvalue weighted by atomic mass is 35.5. The number of nitrogens with two attached hydrogens (primary N) is 1. The predicted octanol–water partition coefficient (Wildman–Crippen LogP) is 0.569. The second kappa shape index (κ2) is 4.90. The van der Waals surface area contributed by atoms with Crippen LogP contribution in [0.2, 0.25) is 0 Å². The molecule has 72 valence electrons. The summed E-state index contributed by atoms with van der Waals surface area (Å²) >= 11 is 0. The van der Waals surface area contributed by atoms with E-state index in [4.69, 9.17) is 5.73 Å². The monoisotopic (exact) mass is 211 g/mol. The second-order valence-corrected chi connectivity index (χ2v) is 3.06. The number of hydrogen-bond acceptors (Lipinski definition) is 3. The van der Waals surface area contributed by atoms with Gasteiger partial charge in [-0.25, -0.2) is 0 Å². The van der Waals surface area contributed by atoms with Gasteiger partial charge in [0.25, 0.3) is 0 Å². The van der Waals surface area contributed by atoms with E-state index < -0.39 is 0 Å². The minimum absolute atomic E-state index is 0. The zero-order chi connectivity index (χ0) is 6.97. The van der Waals surface area contributed by atoms with Gasteiger partial charge in [0.1, 0.15) is 5.84 Å². The van der Waals surface area contributed by atoms with E-state index in [9.17, 15) is 0 Å². The Morgan fingerprint density at radius 3 is 2.50 bits per heavy atom. The summed E-state index contributed by atoms with van der Waals surface area (Å²) in [4.78, 5) is 4.28. The van der Waals surface area contributed by atoms with Crippen LogP contribution in [0.3, 0.4) is 0 Å². The molecule has 2 aliphatic rings. The number of aliphatic imine (C=N–C) groups is 1. The van der Waals surface area contributed by atoms with Crippen LogP contribution in [-0.4, -0.2) is 25.0 Å². The van der Waals surface area contributed by atoms with Crippen molar-refractivity contribution < 1.29 is 0 Å². The lowest BCUT2D eigenvalue weighted by Gasteiger charge is -2.09. The third-order valence-corrected chi connectivity index (χ3v) is 2.15. The van der Waals surface area contributed by atoms with Gasteiger partial charge in [-0.3, -0.25) is 4.99 Å². The van der Waals surface area contributed by atoms with Crippen LogP contribution in [0.5, 0.6) is 0 Å². The van der Waals surface area contributed by atoms with E-state index in [1.165, 1.54) is 12.8 Å². The summed E-state index contributed by atoms with van der Waals surface area (Å²) in [5.74, 6) is 1.77. The fraction of sp³-hybridized carbons (Fsp3) is 0.857. The molecule has 3 N–H and O–H groups in total. The quantitative estimate of drug-likeness (QED) is 0.703. The van der Waals surface area contributed by atoms with Crippen molar-refractivity contribution in [2.24, 2.45) is 16.6 Å². The molecular formula is C7H15Cl2N3. The molecule has 3 nitrogen and oxygen atoms in total. The van der Waals surface area contributed by atoms with Crippen molar-refractivity contribution in [1.82, 2.24) is 5.32 Å².